The fourth-order valence-corrected chi connectivity index (χ4v) is 10.6. The molecule has 1 aromatic heterocycles. The Morgan fingerprint density at radius 2 is 0.842 bits per heavy atom. The molecule has 1 heterocycles. The molecule has 0 spiro atoms. The molecular formula is C37H20S. The van der Waals surface area contributed by atoms with Crippen LogP contribution in [-0.4, -0.2) is 0 Å². The average molecular weight is 497 g/mol. The average Bonchev–Trinajstić information content (AvgIpc) is 3.62. The molecular weight excluding hydrogens is 476 g/mol. The van der Waals surface area contributed by atoms with Gasteiger partial charge in [-0.25, -0.2) is 0 Å². The van der Waals surface area contributed by atoms with Crippen molar-refractivity contribution in [2.24, 2.45) is 0 Å². The van der Waals surface area contributed by atoms with Crippen LogP contribution in [0.3, 0.4) is 0 Å². The summed E-state index contributed by atoms with van der Waals surface area (Å²) in [6, 6.07) is 42.7. The van der Waals surface area contributed by atoms with Crippen molar-refractivity contribution in [1.29, 1.82) is 0 Å². The van der Waals surface area contributed by atoms with Gasteiger partial charge in [0.2, 0.25) is 0 Å². The first-order valence-electron chi connectivity index (χ1n) is 13.6. The Morgan fingerprint density at radius 3 is 1.37 bits per heavy atom. The van der Waals surface area contributed by atoms with Crippen LogP contribution in [0.2, 0.25) is 0 Å². The molecule has 2 unspecified atom stereocenters. The lowest BCUT2D eigenvalue weighted by Crippen LogP contribution is -2.53. The summed E-state index contributed by atoms with van der Waals surface area (Å²) in [7, 11) is 0. The van der Waals surface area contributed by atoms with Gasteiger partial charge < -0.3 is 0 Å². The van der Waals surface area contributed by atoms with E-state index >= 15 is 0 Å². The molecule has 38 heavy (non-hydrogen) atoms. The monoisotopic (exact) mass is 496 g/mol. The highest BCUT2D eigenvalue weighted by Crippen LogP contribution is 2.75. The first-order valence-corrected chi connectivity index (χ1v) is 14.4. The molecule has 0 amide bonds. The Labute approximate surface area is 223 Å². The van der Waals surface area contributed by atoms with Gasteiger partial charge >= 0.3 is 0 Å². The summed E-state index contributed by atoms with van der Waals surface area (Å²) in [4.78, 5) is 0. The lowest BCUT2D eigenvalue weighted by Gasteiger charge is -2.55. The minimum absolute atomic E-state index is 0.320. The van der Waals surface area contributed by atoms with Gasteiger partial charge in [0, 0.05) is 20.2 Å². The van der Waals surface area contributed by atoms with E-state index in [1.807, 2.05) is 11.3 Å². The maximum atomic E-state index is 2.47. The Morgan fingerprint density at radius 1 is 0.421 bits per heavy atom. The van der Waals surface area contributed by atoms with Crippen molar-refractivity contribution >= 4 is 42.3 Å². The summed E-state index contributed by atoms with van der Waals surface area (Å²) in [6.45, 7) is 0. The zero-order valence-corrected chi connectivity index (χ0v) is 21.3. The number of benzene rings is 6. The van der Waals surface area contributed by atoms with E-state index in [4.69, 9.17) is 0 Å². The fourth-order valence-electron chi connectivity index (χ4n) is 9.46. The summed E-state index contributed by atoms with van der Waals surface area (Å²) in [5, 5.41) is 5.75. The third-order valence-corrected chi connectivity index (χ3v) is 11.5. The van der Waals surface area contributed by atoms with Crippen LogP contribution in [0.15, 0.2) is 109 Å². The highest BCUT2D eigenvalue weighted by atomic mass is 32.1. The van der Waals surface area contributed by atoms with Crippen LogP contribution in [0.25, 0.3) is 42.1 Å². The maximum Gasteiger partial charge on any atom is 0.0648 e. The van der Waals surface area contributed by atoms with Crippen molar-refractivity contribution in [3.63, 3.8) is 0 Å². The van der Waals surface area contributed by atoms with Crippen LogP contribution in [-0.2, 0) is 17.3 Å². The fraction of sp³-hybridized carbons (Fsp3) is 0.0811. The molecule has 0 aliphatic heterocycles. The molecule has 0 saturated heterocycles. The van der Waals surface area contributed by atoms with Gasteiger partial charge in [0.15, 0.2) is 0 Å². The normalized spacial score (nSPS) is 22.3. The summed E-state index contributed by atoms with van der Waals surface area (Å²) in [5.41, 5.74) is 14.2. The Kier molecular flexibility index (Phi) is 2.88. The third kappa shape index (κ3) is 1.61. The molecule has 0 saturated carbocycles. The second kappa shape index (κ2) is 5.77. The molecule has 4 aliphatic carbocycles. The third-order valence-electron chi connectivity index (χ3n) is 10.3. The minimum atomic E-state index is -0.320. The molecule has 0 bridgehead atoms. The highest BCUT2D eigenvalue weighted by Gasteiger charge is 2.68. The van der Waals surface area contributed by atoms with Gasteiger partial charge in [-0.2, -0.15) is 0 Å². The van der Waals surface area contributed by atoms with Crippen molar-refractivity contribution < 1.29 is 0 Å². The highest BCUT2D eigenvalue weighted by molar-refractivity contribution is 7.25. The van der Waals surface area contributed by atoms with E-state index in [2.05, 4.69) is 109 Å². The summed E-state index contributed by atoms with van der Waals surface area (Å²) >= 11 is 1.96. The van der Waals surface area contributed by atoms with Crippen molar-refractivity contribution in [3.8, 4) is 11.1 Å². The molecule has 1 heteroatoms. The van der Waals surface area contributed by atoms with Crippen LogP contribution in [0.4, 0.5) is 0 Å². The zero-order chi connectivity index (χ0) is 24.4. The maximum absolute atomic E-state index is 2.47. The molecule has 0 N–H and O–H groups in total. The van der Waals surface area contributed by atoms with Crippen LogP contribution < -0.4 is 0 Å². The first kappa shape index (κ1) is 19.0. The van der Waals surface area contributed by atoms with Gasteiger partial charge in [0.05, 0.1) is 10.8 Å². The molecule has 0 nitrogen and oxygen atoms in total. The molecule has 6 aromatic carbocycles. The van der Waals surface area contributed by atoms with Crippen LogP contribution in [0, 0.1) is 0 Å². The van der Waals surface area contributed by atoms with Crippen LogP contribution >= 0.6 is 11.3 Å². The quantitative estimate of drug-likeness (QED) is 0.196. The second-order valence-corrected chi connectivity index (χ2v) is 12.6. The SMILES string of the molecule is c1cc2c3c(c1)C14c5cccc6cccc(c56)C1(c1cccc(c1-3)C2)c1cccc2sc3cccc4c3c12. The largest absolute Gasteiger partial charge is 0.135 e. The predicted molar refractivity (Wildman–Crippen MR) is 158 cm³/mol. The van der Waals surface area contributed by atoms with Gasteiger partial charge in [-0.3, -0.25) is 0 Å². The molecule has 174 valence electrons. The summed E-state index contributed by atoms with van der Waals surface area (Å²) < 4.78 is 2.81. The Bertz CT molecular complexity index is 2130. The lowest BCUT2D eigenvalue weighted by molar-refractivity contribution is 0.439. The Hall–Kier alpha value is -4.20. The summed E-state index contributed by atoms with van der Waals surface area (Å²) in [5.74, 6) is 0. The van der Waals surface area contributed by atoms with Crippen molar-refractivity contribution in [2.45, 2.75) is 17.3 Å². The van der Waals surface area contributed by atoms with Crippen molar-refractivity contribution in [2.75, 3.05) is 0 Å². The zero-order valence-electron chi connectivity index (χ0n) is 20.5. The number of rotatable bonds is 0. The summed E-state index contributed by atoms with van der Waals surface area (Å²) in [6.07, 6.45) is 1.03. The van der Waals surface area contributed by atoms with Gasteiger partial charge in [0.25, 0.3) is 0 Å². The van der Waals surface area contributed by atoms with E-state index in [-0.39, 0.29) is 10.8 Å². The van der Waals surface area contributed by atoms with Gasteiger partial charge in [0.1, 0.15) is 0 Å². The first-order chi connectivity index (χ1) is 18.8. The lowest BCUT2D eigenvalue weighted by atomic mass is 9.44. The smallest absolute Gasteiger partial charge is 0.0648 e. The second-order valence-electron chi connectivity index (χ2n) is 11.5. The molecule has 11 rings (SSSR count). The minimum Gasteiger partial charge on any atom is -0.135 e. The van der Waals surface area contributed by atoms with Crippen LogP contribution in [0.1, 0.15) is 44.5 Å². The molecule has 4 aliphatic rings. The molecule has 0 fully saturated rings. The van der Waals surface area contributed by atoms with Gasteiger partial charge in [-0.15, -0.1) is 11.3 Å². The van der Waals surface area contributed by atoms with Crippen molar-refractivity contribution in [1.82, 2.24) is 0 Å². The van der Waals surface area contributed by atoms with Gasteiger partial charge in [-0.05, 0) is 85.0 Å². The van der Waals surface area contributed by atoms with E-state index in [0.29, 0.717) is 0 Å². The van der Waals surface area contributed by atoms with E-state index in [1.54, 1.807) is 0 Å². The van der Waals surface area contributed by atoms with E-state index in [1.165, 1.54) is 86.6 Å². The predicted octanol–water partition coefficient (Wildman–Crippen LogP) is 9.09. The Balaban J connectivity index is 1.57. The number of hydrogen-bond donors (Lipinski definition) is 0. The topological polar surface area (TPSA) is 0 Å². The van der Waals surface area contributed by atoms with Crippen LogP contribution in [0.5, 0.6) is 0 Å². The van der Waals surface area contributed by atoms with E-state index < -0.39 is 0 Å². The number of thiophene rings is 1. The molecule has 7 aromatic rings. The van der Waals surface area contributed by atoms with Crippen molar-refractivity contribution in [3.05, 3.63) is 154 Å². The van der Waals surface area contributed by atoms with Gasteiger partial charge in [-0.1, -0.05) is 97.1 Å². The molecule has 0 radical (unpaired) electrons. The number of hydrogen-bond acceptors (Lipinski definition) is 1. The van der Waals surface area contributed by atoms with E-state index in [0.717, 1.165) is 6.42 Å². The molecule has 2 atom stereocenters. The standard InChI is InChI=1S/C37H20S/c1-7-20-8-2-12-24-31(20)23(11-1)36-25-13-3-9-21-19-22-10-4-14-26(33(22)32(21)25)37(24,36)28-16-6-18-30-35(28)34-27(36)15-5-17-29(34)38-30/h1-18H,19H2. The van der Waals surface area contributed by atoms with E-state index in [9.17, 15) is 0 Å².